The highest BCUT2D eigenvalue weighted by molar-refractivity contribution is 6.31. The van der Waals surface area contributed by atoms with Crippen molar-refractivity contribution in [2.24, 2.45) is 5.84 Å². The van der Waals surface area contributed by atoms with E-state index in [4.69, 9.17) is 17.4 Å². The highest BCUT2D eigenvalue weighted by Crippen LogP contribution is 2.20. The zero-order chi connectivity index (χ0) is 13.8. The molecule has 0 unspecified atom stereocenters. The molecule has 2 aromatic rings. The molecule has 0 aliphatic heterocycles. The van der Waals surface area contributed by atoms with Crippen molar-refractivity contribution in [1.29, 1.82) is 0 Å². The van der Waals surface area contributed by atoms with Crippen LogP contribution in [0.15, 0.2) is 36.5 Å². The normalized spacial score (nSPS) is 10.1. The van der Waals surface area contributed by atoms with Gasteiger partial charge in [0.25, 0.3) is 5.91 Å². The number of rotatable bonds is 3. The summed E-state index contributed by atoms with van der Waals surface area (Å²) in [4.78, 5) is 15.8. The van der Waals surface area contributed by atoms with Gasteiger partial charge in [-0.25, -0.2) is 15.2 Å². The second-order valence-electron chi connectivity index (χ2n) is 3.66. The topological polar surface area (TPSA) is 80.0 Å². The molecule has 0 atom stereocenters. The van der Waals surface area contributed by atoms with Crippen LogP contribution in [0, 0.1) is 5.82 Å². The summed E-state index contributed by atoms with van der Waals surface area (Å²) in [6, 6.07) is 6.94. The third-order valence-corrected chi connectivity index (χ3v) is 2.64. The van der Waals surface area contributed by atoms with Crippen molar-refractivity contribution in [2.45, 2.75) is 0 Å². The number of nitrogens with one attached hydrogen (secondary N) is 2. The molecule has 5 nitrogen and oxygen atoms in total. The third kappa shape index (κ3) is 3.18. The van der Waals surface area contributed by atoms with Crippen LogP contribution in [-0.4, -0.2) is 10.9 Å². The van der Waals surface area contributed by atoms with Gasteiger partial charge in [0.05, 0.1) is 5.02 Å². The predicted molar refractivity (Wildman–Crippen MR) is 71.4 cm³/mol. The molecule has 19 heavy (non-hydrogen) atoms. The van der Waals surface area contributed by atoms with E-state index >= 15 is 0 Å². The largest absolute Gasteiger partial charge is 0.322 e. The van der Waals surface area contributed by atoms with Crippen molar-refractivity contribution in [2.75, 3.05) is 10.7 Å². The Hall–Kier alpha value is -2.18. The van der Waals surface area contributed by atoms with E-state index < -0.39 is 5.82 Å². The number of benzene rings is 1. The summed E-state index contributed by atoms with van der Waals surface area (Å²) in [5, 5.41) is 2.53. The molecule has 7 heteroatoms. The van der Waals surface area contributed by atoms with Crippen molar-refractivity contribution in [1.82, 2.24) is 4.98 Å². The zero-order valence-corrected chi connectivity index (χ0v) is 10.4. The van der Waals surface area contributed by atoms with Crippen LogP contribution >= 0.6 is 11.6 Å². The smallest absolute Gasteiger partial charge is 0.255 e. The summed E-state index contributed by atoms with van der Waals surface area (Å²) < 4.78 is 13.0. The van der Waals surface area contributed by atoms with Crippen LogP contribution in [0.4, 0.5) is 15.9 Å². The van der Waals surface area contributed by atoms with Gasteiger partial charge in [-0.15, -0.1) is 0 Å². The van der Waals surface area contributed by atoms with Crippen molar-refractivity contribution < 1.29 is 9.18 Å². The fourth-order valence-corrected chi connectivity index (χ4v) is 1.61. The number of nitrogens with two attached hydrogens (primary N) is 1. The van der Waals surface area contributed by atoms with Crippen LogP contribution in [0.3, 0.4) is 0 Å². The van der Waals surface area contributed by atoms with Gasteiger partial charge in [-0.1, -0.05) is 11.6 Å². The molecule has 0 aliphatic carbocycles. The molecule has 4 N–H and O–H groups in total. The van der Waals surface area contributed by atoms with Crippen LogP contribution in [0.25, 0.3) is 0 Å². The number of carbonyl (C=O) groups is 1. The van der Waals surface area contributed by atoms with Crippen LogP contribution < -0.4 is 16.6 Å². The molecule has 1 aromatic heterocycles. The summed E-state index contributed by atoms with van der Waals surface area (Å²) >= 11 is 5.63. The number of carbonyl (C=O) groups excluding carboxylic acids is 1. The van der Waals surface area contributed by atoms with E-state index in [-0.39, 0.29) is 10.9 Å². The first kappa shape index (κ1) is 13.3. The lowest BCUT2D eigenvalue weighted by atomic mass is 10.2. The Morgan fingerprint density at radius 1 is 1.32 bits per heavy atom. The van der Waals surface area contributed by atoms with Gasteiger partial charge in [-0.3, -0.25) is 4.79 Å². The van der Waals surface area contributed by atoms with Crippen molar-refractivity contribution in [3.8, 4) is 0 Å². The average Bonchev–Trinajstić information content (AvgIpc) is 2.43. The zero-order valence-electron chi connectivity index (χ0n) is 9.65. The second-order valence-corrected chi connectivity index (χ2v) is 4.06. The molecule has 0 saturated carbocycles. The number of halogens is 2. The van der Waals surface area contributed by atoms with Crippen LogP contribution in [-0.2, 0) is 0 Å². The third-order valence-electron chi connectivity index (χ3n) is 2.35. The number of aromatic nitrogens is 1. The second kappa shape index (κ2) is 5.64. The van der Waals surface area contributed by atoms with Crippen LogP contribution in [0.1, 0.15) is 10.4 Å². The highest BCUT2D eigenvalue weighted by Gasteiger charge is 2.08. The van der Waals surface area contributed by atoms with Crippen LogP contribution in [0.5, 0.6) is 0 Å². The number of hydrogen-bond donors (Lipinski definition) is 3. The first-order chi connectivity index (χ1) is 9.10. The molecule has 1 aromatic carbocycles. The molecule has 1 amide bonds. The van der Waals surface area contributed by atoms with E-state index in [0.29, 0.717) is 17.1 Å². The van der Waals surface area contributed by atoms with E-state index in [1.807, 2.05) is 0 Å². The molecule has 0 fully saturated rings. The minimum Gasteiger partial charge on any atom is -0.322 e. The Morgan fingerprint density at radius 3 is 2.79 bits per heavy atom. The number of pyridine rings is 1. The number of anilines is 2. The fraction of sp³-hybridized carbons (Fsp3) is 0. The maximum absolute atomic E-state index is 13.0. The molecule has 98 valence electrons. The van der Waals surface area contributed by atoms with E-state index in [2.05, 4.69) is 15.7 Å². The number of nitrogens with zero attached hydrogens (tertiary/aromatic N) is 1. The van der Waals surface area contributed by atoms with Gasteiger partial charge in [-0.05, 0) is 30.3 Å². The molecule has 0 bridgehead atoms. The molecule has 0 radical (unpaired) electrons. The molecule has 0 spiro atoms. The molecular formula is C12H10ClFN4O. The van der Waals surface area contributed by atoms with Gasteiger partial charge in [-0.2, -0.15) is 0 Å². The SMILES string of the molecule is NNc1cc(C(=O)Nc2ccc(F)c(Cl)c2)ccn1. The first-order valence-corrected chi connectivity index (χ1v) is 5.67. The van der Waals surface area contributed by atoms with Crippen molar-refractivity contribution in [3.05, 3.63) is 52.9 Å². The van der Waals surface area contributed by atoms with Crippen molar-refractivity contribution >= 4 is 29.0 Å². The quantitative estimate of drug-likeness (QED) is 0.596. The maximum atomic E-state index is 13.0. The monoisotopic (exact) mass is 280 g/mol. The molecular weight excluding hydrogens is 271 g/mol. The van der Waals surface area contributed by atoms with Gasteiger partial charge in [0, 0.05) is 17.4 Å². The summed E-state index contributed by atoms with van der Waals surface area (Å²) in [5.74, 6) is 4.65. The molecule has 0 saturated heterocycles. The minimum absolute atomic E-state index is 0.0585. The first-order valence-electron chi connectivity index (χ1n) is 5.29. The van der Waals surface area contributed by atoms with Gasteiger partial charge < -0.3 is 10.7 Å². The van der Waals surface area contributed by atoms with E-state index in [1.165, 1.54) is 36.5 Å². The summed E-state index contributed by atoms with van der Waals surface area (Å²) in [6.07, 6.45) is 1.45. The average molecular weight is 281 g/mol. The fourth-order valence-electron chi connectivity index (χ4n) is 1.43. The Bertz CT molecular complexity index is 620. The predicted octanol–water partition coefficient (Wildman–Crippen LogP) is 2.41. The lowest BCUT2D eigenvalue weighted by molar-refractivity contribution is 0.102. The van der Waals surface area contributed by atoms with Gasteiger partial charge in [0.2, 0.25) is 0 Å². The standard InChI is InChI=1S/C12H10ClFN4O/c13-9-6-8(1-2-10(9)14)17-12(19)7-3-4-16-11(5-7)18-15/h1-6H,15H2,(H,16,18)(H,17,19). The Kier molecular flexibility index (Phi) is 3.94. The molecule has 1 heterocycles. The van der Waals surface area contributed by atoms with Gasteiger partial charge >= 0.3 is 0 Å². The van der Waals surface area contributed by atoms with Crippen molar-refractivity contribution in [3.63, 3.8) is 0 Å². The summed E-state index contributed by atoms with van der Waals surface area (Å²) in [5.41, 5.74) is 3.10. The Morgan fingerprint density at radius 2 is 2.11 bits per heavy atom. The highest BCUT2D eigenvalue weighted by atomic mass is 35.5. The lowest BCUT2D eigenvalue weighted by Crippen LogP contribution is -2.14. The number of hydrazine groups is 1. The maximum Gasteiger partial charge on any atom is 0.255 e. The van der Waals surface area contributed by atoms with Gasteiger partial charge in [0.1, 0.15) is 11.6 Å². The number of nitrogen functional groups attached to an aromatic ring is 1. The number of hydrogen-bond acceptors (Lipinski definition) is 4. The summed E-state index contributed by atoms with van der Waals surface area (Å²) in [6.45, 7) is 0. The summed E-state index contributed by atoms with van der Waals surface area (Å²) in [7, 11) is 0. The van der Waals surface area contributed by atoms with E-state index in [9.17, 15) is 9.18 Å². The van der Waals surface area contributed by atoms with Crippen LogP contribution in [0.2, 0.25) is 5.02 Å². The Balaban J connectivity index is 2.18. The van der Waals surface area contributed by atoms with E-state index in [0.717, 1.165) is 0 Å². The molecule has 0 aliphatic rings. The minimum atomic E-state index is -0.543. The Labute approximate surface area is 113 Å². The molecule has 2 rings (SSSR count). The lowest BCUT2D eigenvalue weighted by Gasteiger charge is -2.07. The van der Waals surface area contributed by atoms with Gasteiger partial charge in [0.15, 0.2) is 0 Å². The van der Waals surface area contributed by atoms with E-state index in [1.54, 1.807) is 0 Å². The number of amides is 1.